The summed E-state index contributed by atoms with van der Waals surface area (Å²) in [5.41, 5.74) is 4.27. The second-order valence-corrected chi connectivity index (χ2v) is 9.35. The van der Waals surface area contributed by atoms with E-state index in [0.717, 1.165) is 38.2 Å². The molecule has 0 unspecified atom stereocenters. The molecule has 176 valence electrons. The van der Waals surface area contributed by atoms with Crippen LogP contribution in [0.5, 0.6) is 11.5 Å². The molecule has 6 rings (SSSR count). The van der Waals surface area contributed by atoms with Gasteiger partial charge in [0.2, 0.25) is 0 Å². The van der Waals surface area contributed by atoms with Crippen LogP contribution in [0.25, 0.3) is 32.4 Å². The number of carbonyl (C=O) groups is 1. The van der Waals surface area contributed by atoms with E-state index in [1.165, 1.54) is 11.3 Å². The molecular weight excluding hydrogens is 480 g/mol. The summed E-state index contributed by atoms with van der Waals surface area (Å²) in [7, 11) is 3.29. The third-order valence-corrected chi connectivity index (χ3v) is 6.92. The van der Waals surface area contributed by atoms with Gasteiger partial charge < -0.3 is 9.47 Å². The molecule has 4 aromatic heterocycles. The molecule has 0 aliphatic rings. The van der Waals surface area contributed by atoms with Gasteiger partial charge in [0, 0.05) is 47.4 Å². The molecule has 0 radical (unpaired) electrons. The SMILES string of the molecule is COc1cccc(-c2cn3ccsc3n2)c1.COc1cccc(-c2nc3sccn3c2C(C)=O)c1. The lowest BCUT2D eigenvalue weighted by Gasteiger charge is -2.03. The number of Topliss-reactive ketones (excluding diaryl/α,β-unsaturated/α-hetero) is 1. The highest BCUT2D eigenvalue weighted by molar-refractivity contribution is 7.15. The second kappa shape index (κ2) is 9.73. The fourth-order valence-electron chi connectivity index (χ4n) is 3.74. The maximum absolute atomic E-state index is 11.9. The van der Waals surface area contributed by atoms with Gasteiger partial charge in [-0.05, 0) is 24.3 Å². The maximum Gasteiger partial charge on any atom is 0.194 e. The predicted octanol–water partition coefficient (Wildman–Crippen LogP) is 6.35. The van der Waals surface area contributed by atoms with Crippen LogP contribution in [0, 0.1) is 0 Å². The fraction of sp³-hybridized carbons (Fsp3) is 0.115. The summed E-state index contributed by atoms with van der Waals surface area (Å²) in [4.78, 5) is 22.8. The summed E-state index contributed by atoms with van der Waals surface area (Å²) < 4.78 is 14.3. The number of thiazole rings is 2. The number of hydrogen-bond donors (Lipinski definition) is 0. The highest BCUT2D eigenvalue weighted by Crippen LogP contribution is 2.29. The van der Waals surface area contributed by atoms with Crippen molar-refractivity contribution >= 4 is 38.4 Å². The molecule has 9 heteroatoms. The Kier molecular flexibility index (Phi) is 6.35. The summed E-state index contributed by atoms with van der Waals surface area (Å²) in [6, 6.07) is 15.5. The fourth-order valence-corrected chi connectivity index (χ4v) is 5.16. The smallest absolute Gasteiger partial charge is 0.194 e. The first-order valence-electron chi connectivity index (χ1n) is 10.7. The average Bonchev–Trinajstić information content (AvgIpc) is 3.65. The third kappa shape index (κ3) is 4.55. The summed E-state index contributed by atoms with van der Waals surface area (Å²) >= 11 is 3.15. The number of fused-ring (bicyclic) bond motifs is 2. The Morgan fingerprint density at radius 1 is 0.857 bits per heavy atom. The number of aromatic nitrogens is 4. The van der Waals surface area contributed by atoms with Crippen molar-refractivity contribution in [1.82, 2.24) is 18.8 Å². The largest absolute Gasteiger partial charge is 0.497 e. The van der Waals surface area contributed by atoms with Crippen LogP contribution in [0.2, 0.25) is 0 Å². The van der Waals surface area contributed by atoms with Crippen molar-refractivity contribution < 1.29 is 14.3 Å². The van der Waals surface area contributed by atoms with Gasteiger partial charge in [-0.15, -0.1) is 22.7 Å². The number of benzene rings is 2. The molecule has 0 atom stereocenters. The molecule has 0 aliphatic heterocycles. The molecule has 6 aromatic rings. The van der Waals surface area contributed by atoms with Gasteiger partial charge in [-0.3, -0.25) is 13.6 Å². The van der Waals surface area contributed by atoms with E-state index >= 15 is 0 Å². The van der Waals surface area contributed by atoms with Gasteiger partial charge in [-0.1, -0.05) is 24.3 Å². The van der Waals surface area contributed by atoms with Gasteiger partial charge in [0.25, 0.3) is 0 Å². The molecule has 4 heterocycles. The van der Waals surface area contributed by atoms with Gasteiger partial charge in [0.05, 0.1) is 19.9 Å². The van der Waals surface area contributed by atoms with Crippen molar-refractivity contribution in [2.24, 2.45) is 0 Å². The van der Waals surface area contributed by atoms with Gasteiger partial charge in [-0.2, -0.15) is 0 Å². The molecular formula is C26H22N4O3S2. The number of imidazole rings is 2. The van der Waals surface area contributed by atoms with Gasteiger partial charge in [0.15, 0.2) is 15.7 Å². The van der Waals surface area contributed by atoms with Gasteiger partial charge in [-0.25, -0.2) is 9.97 Å². The van der Waals surface area contributed by atoms with Crippen LogP contribution in [0.1, 0.15) is 17.4 Å². The Bertz CT molecular complexity index is 1600. The van der Waals surface area contributed by atoms with Crippen LogP contribution in [0.15, 0.2) is 77.9 Å². The van der Waals surface area contributed by atoms with E-state index in [0.29, 0.717) is 11.4 Å². The Morgan fingerprint density at radius 3 is 2.20 bits per heavy atom. The van der Waals surface area contributed by atoms with Gasteiger partial charge in [0.1, 0.15) is 22.9 Å². The van der Waals surface area contributed by atoms with Crippen LogP contribution in [0.3, 0.4) is 0 Å². The summed E-state index contributed by atoms with van der Waals surface area (Å²) in [5, 5.41) is 3.95. The normalized spacial score (nSPS) is 10.8. The van der Waals surface area contributed by atoms with E-state index in [1.54, 1.807) is 32.5 Å². The number of ketones is 1. The first-order chi connectivity index (χ1) is 17.1. The van der Waals surface area contributed by atoms with E-state index in [2.05, 4.69) is 9.97 Å². The maximum atomic E-state index is 11.9. The zero-order chi connectivity index (χ0) is 24.4. The van der Waals surface area contributed by atoms with Crippen molar-refractivity contribution in [2.45, 2.75) is 6.92 Å². The molecule has 35 heavy (non-hydrogen) atoms. The quantitative estimate of drug-likeness (QED) is 0.257. The molecule has 0 bridgehead atoms. The second-order valence-electron chi connectivity index (χ2n) is 7.60. The van der Waals surface area contributed by atoms with E-state index in [-0.39, 0.29) is 5.78 Å². The number of hydrogen-bond acceptors (Lipinski definition) is 7. The van der Waals surface area contributed by atoms with E-state index in [1.807, 2.05) is 86.7 Å². The highest BCUT2D eigenvalue weighted by atomic mass is 32.1. The Morgan fingerprint density at radius 2 is 1.51 bits per heavy atom. The minimum absolute atomic E-state index is 0.00344. The molecule has 0 amide bonds. The first kappa shape index (κ1) is 22.8. The molecule has 0 saturated heterocycles. The average molecular weight is 503 g/mol. The van der Waals surface area contributed by atoms with Crippen LogP contribution in [0.4, 0.5) is 0 Å². The summed E-state index contributed by atoms with van der Waals surface area (Å²) in [5.74, 6) is 1.61. The molecule has 2 aromatic carbocycles. The van der Waals surface area contributed by atoms with Crippen molar-refractivity contribution in [3.05, 3.63) is 83.6 Å². The minimum atomic E-state index is 0.00344. The standard InChI is InChI=1S/C14H12N2O2S.C12H10N2OS/c1-9(17)13-12(15-14-16(13)6-7-19-14)10-4-3-5-11(8-10)18-2;1-15-10-4-2-3-9(7-10)11-8-14-5-6-16-12(14)13-11/h3-8H,1-2H3;2-8H,1H3. The van der Waals surface area contributed by atoms with Crippen molar-refractivity contribution in [3.63, 3.8) is 0 Å². The lowest BCUT2D eigenvalue weighted by molar-refractivity contribution is 0.101. The predicted molar refractivity (Wildman–Crippen MR) is 140 cm³/mol. The van der Waals surface area contributed by atoms with Crippen LogP contribution in [-0.2, 0) is 0 Å². The van der Waals surface area contributed by atoms with Crippen LogP contribution in [-0.4, -0.2) is 38.8 Å². The summed E-state index contributed by atoms with van der Waals surface area (Å²) in [6.45, 7) is 1.56. The molecule has 0 spiro atoms. The third-order valence-electron chi connectivity index (χ3n) is 5.40. The number of rotatable bonds is 5. The molecule has 7 nitrogen and oxygen atoms in total. The Hall–Kier alpha value is -3.95. The lowest BCUT2D eigenvalue weighted by atomic mass is 10.1. The Balaban J connectivity index is 0.000000147. The van der Waals surface area contributed by atoms with Crippen LogP contribution >= 0.6 is 22.7 Å². The number of methoxy groups -OCH3 is 2. The van der Waals surface area contributed by atoms with Gasteiger partial charge >= 0.3 is 0 Å². The van der Waals surface area contributed by atoms with E-state index < -0.39 is 0 Å². The van der Waals surface area contributed by atoms with Crippen LogP contribution < -0.4 is 9.47 Å². The van der Waals surface area contributed by atoms with Crippen molar-refractivity contribution in [2.75, 3.05) is 14.2 Å². The minimum Gasteiger partial charge on any atom is -0.497 e. The highest BCUT2D eigenvalue weighted by Gasteiger charge is 2.18. The Labute approximate surface area is 209 Å². The topological polar surface area (TPSA) is 70.1 Å². The number of ether oxygens (including phenoxy) is 2. The van der Waals surface area contributed by atoms with E-state index in [9.17, 15) is 4.79 Å². The zero-order valence-corrected chi connectivity index (χ0v) is 21.0. The molecule has 0 aliphatic carbocycles. The number of nitrogens with zero attached hydrogens (tertiary/aromatic N) is 4. The van der Waals surface area contributed by atoms with Crippen molar-refractivity contribution in [1.29, 1.82) is 0 Å². The molecule has 0 fully saturated rings. The molecule has 0 saturated carbocycles. The zero-order valence-electron chi connectivity index (χ0n) is 19.3. The molecule has 0 N–H and O–H groups in total. The summed E-state index contributed by atoms with van der Waals surface area (Å²) in [6.07, 6.45) is 5.91. The monoisotopic (exact) mass is 502 g/mol. The van der Waals surface area contributed by atoms with Crippen molar-refractivity contribution in [3.8, 4) is 34.0 Å². The lowest BCUT2D eigenvalue weighted by Crippen LogP contribution is -1.99. The van der Waals surface area contributed by atoms with E-state index in [4.69, 9.17) is 9.47 Å². The number of carbonyl (C=O) groups excluding carboxylic acids is 1. The first-order valence-corrected chi connectivity index (χ1v) is 12.5.